The van der Waals surface area contributed by atoms with Crippen molar-refractivity contribution in [1.82, 2.24) is 5.32 Å². The van der Waals surface area contributed by atoms with Crippen molar-refractivity contribution < 1.29 is 4.74 Å². The Morgan fingerprint density at radius 3 is 2.70 bits per heavy atom. The second kappa shape index (κ2) is 10.7. The zero-order chi connectivity index (χ0) is 14.6. The molecule has 0 aromatic heterocycles. The smallest absolute Gasteiger partial charge is 0.122 e. The van der Waals surface area contributed by atoms with Crippen LogP contribution in [0.4, 0.5) is 0 Å². The SMILES string of the molecule is CCCCNCc1cccc(OCCCN)c1CCC. The first-order valence-electron chi connectivity index (χ1n) is 7.97. The molecule has 0 saturated heterocycles. The van der Waals surface area contributed by atoms with Gasteiger partial charge in [-0.25, -0.2) is 0 Å². The molecule has 3 N–H and O–H groups in total. The van der Waals surface area contributed by atoms with E-state index < -0.39 is 0 Å². The van der Waals surface area contributed by atoms with Gasteiger partial charge >= 0.3 is 0 Å². The second-order valence-corrected chi connectivity index (χ2v) is 5.16. The van der Waals surface area contributed by atoms with Gasteiger partial charge in [0.15, 0.2) is 0 Å². The van der Waals surface area contributed by atoms with E-state index in [1.807, 2.05) is 0 Å². The average Bonchev–Trinajstić information content (AvgIpc) is 2.46. The molecule has 0 fully saturated rings. The van der Waals surface area contributed by atoms with Crippen molar-refractivity contribution in [3.63, 3.8) is 0 Å². The number of rotatable bonds is 11. The predicted octanol–water partition coefficient (Wildman–Crippen LogP) is 3.26. The van der Waals surface area contributed by atoms with Crippen molar-refractivity contribution in [3.05, 3.63) is 29.3 Å². The monoisotopic (exact) mass is 278 g/mol. The molecule has 0 bridgehead atoms. The summed E-state index contributed by atoms with van der Waals surface area (Å²) in [7, 11) is 0. The van der Waals surface area contributed by atoms with Crippen LogP contribution in [-0.4, -0.2) is 19.7 Å². The summed E-state index contributed by atoms with van der Waals surface area (Å²) in [4.78, 5) is 0. The third-order valence-electron chi connectivity index (χ3n) is 3.36. The Morgan fingerprint density at radius 1 is 1.15 bits per heavy atom. The molecule has 20 heavy (non-hydrogen) atoms. The lowest BCUT2D eigenvalue weighted by atomic mass is 10.0. The van der Waals surface area contributed by atoms with E-state index in [0.717, 1.165) is 38.1 Å². The van der Waals surface area contributed by atoms with Crippen LogP contribution in [0, 0.1) is 0 Å². The van der Waals surface area contributed by atoms with Crippen LogP contribution >= 0.6 is 0 Å². The summed E-state index contributed by atoms with van der Waals surface area (Å²) >= 11 is 0. The molecule has 1 aromatic carbocycles. The maximum Gasteiger partial charge on any atom is 0.122 e. The van der Waals surface area contributed by atoms with Gasteiger partial charge in [0.2, 0.25) is 0 Å². The summed E-state index contributed by atoms with van der Waals surface area (Å²) in [6.07, 6.45) is 5.58. The largest absolute Gasteiger partial charge is 0.493 e. The van der Waals surface area contributed by atoms with Gasteiger partial charge in [0.25, 0.3) is 0 Å². The molecule has 0 atom stereocenters. The van der Waals surface area contributed by atoms with Crippen LogP contribution in [0.2, 0.25) is 0 Å². The van der Waals surface area contributed by atoms with Crippen LogP contribution < -0.4 is 15.8 Å². The number of nitrogens with two attached hydrogens (primary N) is 1. The molecule has 0 heterocycles. The number of hydrogen-bond donors (Lipinski definition) is 2. The Balaban J connectivity index is 2.68. The zero-order valence-electron chi connectivity index (χ0n) is 13.1. The normalized spacial score (nSPS) is 10.8. The quantitative estimate of drug-likeness (QED) is 0.611. The van der Waals surface area contributed by atoms with E-state index in [4.69, 9.17) is 10.5 Å². The minimum absolute atomic E-state index is 0.682. The van der Waals surface area contributed by atoms with Crippen LogP contribution in [0.5, 0.6) is 5.75 Å². The van der Waals surface area contributed by atoms with E-state index in [0.29, 0.717) is 13.2 Å². The number of nitrogens with one attached hydrogen (secondary N) is 1. The fourth-order valence-corrected chi connectivity index (χ4v) is 2.24. The Kier molecular flexibility index (Phi) is 9.09. The Hall–Kier alpha value is -1.06. The van der Waals surface area contributed by atoms with Crippen molar-refractivity contribution in [2.24, 2.45) is 5.73 Å². The average molecular weight is 278 g/mol. The van der Waals surface area contributed by atoms with E-state index in [9.17, 15) is 0 Å². The van der Waals surface area contributed by atoms with Gasteiger partial charge in [-0.3, -0.25) is 0 Å². The Morgan fingerprint density at radius 2 is 2.00 bits per heavy atom. The van der Waals surface area contributed by atoms with Gasteiger partial charge in [-0.15, -0.1) is 0 Å². The number of hydrogen-bond acceptors (Lipinski definition) is 3. The lowest BCUT2D eigenvalue weighted by molar-refractivity contribution is 0.309. The first kappa shape index (κ1) is 17.0. The molecule has 1 aromatic rings. The molecule has 0 unspecified atom stereocenters. The number of ether oxygens (including phenoxy) is 1. The van der Waals surface area contributed by atoms with E-state index in [2.05, 4.69) is 37.4 Å². The highest BCUT2D eigenvalue weighted by molar-refractivity contribution is 5.40. The van der Waals surface area contributed by atoms with Gasteiger partial charge < -0.3 is 15.8 Å². The van der Waals surface area contributed by atoms with Gasteiger partial charge in [0.1, 0.15) is 5.75 Å². The molecule has 0 radical (unpaired) electrons. The van der Waals surface area contributed by atoms with Gasteiger partial charge in [-0.1, -0.05) is 38.8 Å². The summed E-state index contributed by atoms with van der Waals surface area (Å²) in [6, 6.07) is 6.38. The second-order valence-electron chi connectivity index (χ2n) is 5.16. The first-order chi connectivity index (χ1) is 9.83. The van der Waals surface area contributed by atoms with Crippen LogP contribution in [0.15, 0.2) is 18.2 Å². The highest BCUT2D eigenvalue weighted by Gasteiger charge is 2.08. The topological polar surface area (TPSA) is 47.3 Å². The van der Waals surface area contributed by atoms with Crippen LogP contribution in [0.25, 0.3) is 0 Å². The summed E-state index contributed by atoms with van der Waals surface area (Å²) in [6.45, 7) is 7.84. The third-order valence-corrected chi connectivity index (χ3v) is 3.36. The van der Waals surface area contributed by atoms with Gasteiger partial charge in [0, 0.05) is 6.54 Å². The van der Waals surface area contributed by atoms with Crippen LogP contribution in [0.1, 0.15) is 50.7 Å². The molecule has 0 amide bonds. The molecule has 114 valence electrons. The maximum atomic E-state index is 5.89. The lowest BCUT2D eigenvalue weighted by Crippen LogP contribution is -2.16. The Labute approximate surface area is 123 Å². The zero-order valence-corrected chi connectivity index (χ0v) is 13.1. The maximum absolute atomic E-state index is 5.89. The van der Waals surface area contributed by atoms with E-state index in [1.165, 1.54) is 24.0 Å². The van der Waals surface area contributed by atoms with Crippen molar-refractivity contribution in [1.29, 1.82) is 0 Å². The van der Waals surface area contributed by atoms with Gasteiger partial charge in [-0.2, -0.15) is 0 Å². The van der Waals surface area contributed by atoms with E-state index in [-0.39, 0.29) is 0 Å². The molecule has 1 rings (SSSR count). The summed E-state index contributed by atoms with van der Waals surface area (Å²) < 4.78 is 5.89. The lowest BCUT2D eigenvalue weighted by Gasteiger charge is -2.15. The fourth-order valence-electron chi connectivity index (χ4n) is 2.24. The van der Waals surface area contributed by atoms with Crippen LogP contribution in [0.3, 0.4) is 0 Å². The predicted molar refractivity (Wildman–Crippen MR) is 86.2 cm³/mol. The first-order valence-corrected chi connectivity index (χ1v) is 7.97. The van der Waals surface area contributed by atoms with Crippen molar-refractivity contribution in [2.75, 3.05) is 19.7 Å². The summed E-state index contributed by atoms with van der Waals surface area (Å²) in [5.74, 6) is 1.04. The fraction of sp³-hybridized carbons (Fsp3) is 0.647. The molecule has 3 nitrogen and oxygen atoms in total. The van der Waals surface area contributed by atoms with Gasteiger partial charge in [-0.05, 0) is 49.5 Å². The minimum Gasteiger partial charge on any atom is -0.493 e. The van der Waals surface area contributed by atoms with Crippen molar-refractivity contribution in [2.45, 2.75) is 52.5 Å². The standard InChI is InChI=1S/C17H30N2O/c1-3-5-12-19-14-15-9-6-10-17(16(15)8-4-2)20-13-7-11-18/h6,9-10,19H,3-5,7-8,11-14,18H2,1-2H3. The number of unbranched alkanes of at least 4 members (excludes halogenated alkanes) is 1. The molecule has 0 saturated carbocycles. The molecular weight excluding hydrogens is 248 g/mol. The van der Waals surface area contributed by atoms with Crippen LogP contribution in [-0.2, 0) is 13.0 Å². The van der Waals surface area contributed by atoms with Crippen molar-refractivity contribution in [3.8, 4) is 5.75 Å². The third kappa shape index (κ3) is 5.93. The highest BCUT2D eigenvalue weighted by atomic mass is 16.5. The highest BCUT2D eigenvalue weighted by Crippen LogP contribution is 2.24. The molecule has 0 aliphatic carbocycles. The molecule has 0 aliphatic rings. The Bertz CT molecular complexity index is 366. The van der Waals surface area contributed by atoms with Crippen molar-refractivity contribution >= 4 is 0 Å². The van der Waals surface area contributed by atoms with E-state index >= 15 is 0 Å². The summed E-state index contributed by atoms with van der Waals surface area (Å²) in [5, 5.41) is 3.52. The number of benzene rings is 1. The summed E-state index contributed by atoms with van der Waals surface area (Å²) in [5.41, 5.74) is 8.25. The molecule has 0 spiro atoms. The molecule has 0 aliphatic heterocycles. The minimum atomic E-state index is 0.682. The van der Waals surface area contributed by atoms with E-state index in [1.54, 1.807) is 0 Å². The van der Waals surface area contributed by atoms with Gasteiger partial charge in [0.05, 0.1) is 6.61 Å². The molecular formula is C17H30N2O. The molecule has 3 heteroatoms.